The fraction of sp³-hybridized carbons (Fsp3) is 0.368. The third-order valence-corrected chi connectivity index (χ3v) is 6.52. The molecule has 0 saturated heterocycles. The number of sulfonamides is 1. The number of pyridine rings is 1. The van der Waals surface area contributed by atoms with Crippen molar-refractivity contribution in [2.24, 2.45) is 7.05 Å². The van der Waals surface area contributed by atoms with Crippen molar-refractivity contribution in [3.8, 4) is 0 Å². The molecule has 1 aliphatic rings. The predicted molar refractivity (Wildman–Crippen MR) is 100 cm³/mol. The maximum atomic E-state index is 12.9. The Balaban J connectivity index is 1.98. The normalized spacial score (nSPS) is 14.0. The van der Waals surface area contributed by atoms with Crippen LogP contribution in [0, 0.1) is 6.92 Å². The Morgan fingerprint density at radius 2 is 1.93 bits per heavy atom. The first-order chi connectivity index (χ1) is 12.7. The van der Waals surface area contributed by atoms with Gasteiger partial charge in [0, 0.05) is 24.8 Å². The van der Waals surface area contributed by atoms with Crippen molar-refractivity contribution in [3.63, 3.8) is 0 Å². The number of aromatic nitrogens is 1. The van der Waals surface area contributed by atoms with Gasteiger partial charge in [-0.25, -0.2) is 17.9 Å². The third-order valence-electron chi connectivity index (χ3n) is 5.05. The van der Waals surface area contributed by atoms with E-state index in [4.69, 9.17) is 0 Å². The molecule has 0 fully saturated rings. The van der Waals surface area contributed by atoms with Crippen molar-refractivity contribution < 1.29 is 18.3 Å². The van der Waals surface area contributed by atoms with Crippen LogP contribution in [0.5, 0.6) is 0 Å². The van der Waals surface area contributed by atoms with Crippen LogP contribution in [0.1, 0.15) is 45.6 Å². The fourth-order valence-electron chi connectivity index (χ4n) is 3.36. The van der Waals surface area contributed by atoms with E-state index in [1.807, 2.05) is 0 Å². The number of aromatic carboxylic acids is 1. The molecule has 2 aromatic rings. The van der Waals surface area contributed by atoms with E-state index < -0.39 is 16.0 Å². The Hall–Kier alpha value is -2.45. The highest BCUT2D eigenvalue weighted by Crippen LogP contribution is 2.29. The summed E-state index contributed by atoms with van der Waals surface area (Å²) in [6.07, 6.45) is 3.03. The number of benzene rings is 1. The average molecular weight is 390 g/mol. The summed E-state index contributed by atoms with van der Waals surface area (Å²) in [5.74, 6) is -1.16. The van der Waals surface area contributed by atoms with Crippen LogP contribution in [0.3, 0.4) is 0 Å². The van der Waals surface area contributed by atoms with Crippen molar-refractivity contribution in [1.82, 2.24) is 9.29 Å². The second-order valence-electron chi connectivity index (χ2n) is 6.81. The molecule has 27 heavy (non-hydrogen) atoms. The minimum atomic E-state index is -3.96. The first kappa shape index (κ1) is 19.3. The SMILES string of the molecule is Cc1ccc(CNS(=O)(=O)c2cc(C(=O)O)cc3c2CCCC3)c(=O)n1C. The molecule has 0 amide bonds. The Morgan fingerprint density at radius 3 is 2.63 bits per heavy atom. The molecule has 0 saturated carbocycles. The van der Waals surface area contributed by atoms with Gasteiger partial charge in [-0.2, -0.15) is 0 Å². The maximum absolute atomic E-state index is 12.9. The van der Waals surface area contributed by atoms with E-state index in [1.54, 1.807) is 32.2 Å². The molecular formula is C19H22N2O5S. The van der Waals surface area contributed by atoms with Crippen LogP contribution < -0.4 is 10.3 Å². The van der Waals surface area contributed by atoms with Crippen molar-refractivity contribution in [1.29, 1.82) is 0 Å². The van der Waals surface area contributed by atoms with Crippen molar-refractivity contribution in [2.45, 2.75) is 44.0 Å². The molecule has 1 aromatic carbocycles. The van der Waals surface area contributed by atoms with E-state index in [-0.39, 0.29) is 22.6 Å². The number of carbonyl (C=O) groups is 1. The first-order valence-corrected chi connectivity index (χ1v) is 10.2. The number of rotatable bonds is 5. The van der Waals surface area contributed by atoms with Crippen molar-refractivity contribution >= 4 is 16.0 Å². The Morgan fingerprint density at radius 1 is 1.22 bits per heavy atom. The van der Waals surface area contributed by atoms with Crippen LogP contribution in [-0.2, 0) is 36.5 Å². The van der Waals surface area contributed by atoms with Crippen molar-refractivity contribution in [3.05, 3.63) is 62.6 Å². The monoisotopic (exact) mass is 390 g/mol. The molecule has 0 atom stereocenters. The molecule has 8 heteroatoms. The summed E-state index contributed by atoms with van der Waals surface area (Å²) >= 11 is 0. The standard InChI is InChI=1S/C19H22N2O5S/c1-12-7-8-14(18(22)21(12)2)11-20-27(25,26)17-10-15(19(23)24)9-13-5-3-4-6-16(13)17/h7-10,20H,3-6,11H2,1-2H3,(H,23,24). The van der Waals surface area contributed by atoms with Gasteiger partial charge in [0.25, 0.3) is 5.56 Å². The van der Waals surface area contributed by atoms with Gasteiger partial charge in [0.1, 0.15) is 0 Å². The molecule has 144 valence electrons. The second-order valence-corrected chi connectivity index (χ2v) is 8.55. The van der Waals surface area contributed by atoms with E-state index in [0.29, 0.717) is 24.0 Å². The smallest absolute Gasteiger partial charge is 0.335 e. The zero-order chi connectivity index (χ0) is 19.8. The number of hydrogen-bond acceptors (Lipinski definition) is 4. The highest BCUT2D eigenvalue weighted by atomic mass is 32.2. The van der Waals surface area contributed by atoms with Gasteiger partial charge in [-0.05, 0) is 61.9 Å². The number of nitrogens with one attached hydrogen (secondary N) is 1. The highest BCUT2D eigenvalue weighted by Gasteiger charge is 2.25. The Labute approximate surface area is 157 Å². The van der Waals surface area contributed by atoms with Crippen LogP contribution in [0.15, 0.2) is 34.0 Å². The molecule has 0 unspecified atom stereocenters. The van der Waals surface area contributed by atoms with Gasteiger partial charge >= 0.3 is 5.97 Å². The fourth-order valence-corrected chi connectivity index (χ4v) is 4.70. The quantitative estimate of drug-likeness (QED) is 0.809. The molecule has 1 aromatic heterocycles. The molecule has 1 heterocycles. The van der Waals surface area contributed by atoms with Crippen LogP contribution >= 0.6 is 0 Å². The molecule has 7 nitrogen and oxygen atoms in total. The van der Waals surface area contributed by atoms with E-state index in [1.165, 1.54) is 10.6 Å². The van der Waals surface area contributed by atoms with E-state index in [9.17, 15) is 23.1 Å². The lowest BCUT2D eigenvalue weighted by atomic mass is 9.90. The molecule has 0 bridgehead atoms. The van der Waals surface area contributed by atoms with Crippen molar-refractivity contribution in [2.75, 3.05) is 0 Å². The Kier molecular flexibility index (Phi) is 5.21. The third kappa shape index (κ3) is 3.81. The molecular weight excluding hydrogens is 368 g/mol. The predicted octanol–water partition coefficient (Wildman–Crippen LogP) is 1.75. The van der Waals surface area contributed by atoms with Gasteiger partial charge in [-0.3, -0.25) is 4.79 Å². The van der Waals surface area contributed by atoms with Gasteiger partial charge in [-0.1, -0.05) is 6.07 Å². The van der Waals surface area contributed by atoms with Gasteiger partial charge in [0.05, 0.1) is 10.5 Å². The zero-order valence-corrected chi connectivity index (χ0v) is 16.1. The van der Waals surface area contributed by atoms with Gasteiger partial charge in [0.15, 0.2) is 0 Å². The zero-order valence-electron chi connectivity index (χ0n) is 15.3. The highest BCUT2D eigenvalue weighted by molar-refractivity contribution is 7.89. The molecule has 3 rings (SSSR count). The second kappa shape index (κ2) is 7.28. The number of fused-ring (bicyclic) bond motifs is 1. The molecule has 2 N–H and O–H groups in total. The molecule has 0 spiro atoms. The van der Waals surface area contributed by atoms with Gasteiger partial charge in [-0.15, -0.1) is 0 Å². The average Bonchev–Trinajstić information content (AvgIpc) is 2.64. The lowest BCUT2D eigenvalue weighted by Crippen LogP contribution is -2.30. The van der Waals surface area contributed by atoms with Crippen LogP contribution in [0.4, 0.5) is 0 Å². The summed E-state index contributed by atoms with van der Waals surface area (Å²) in [4.78, 5) is 23.7. The van der Waals surface area contributed by atoms with E-state index in [0.717, 1.165) is 24.1 Å². The number of carboxylic acids is 1. The minimum absolute atomic E-state index is 0.000959. The maximum Gasteiger partial charge on any atom is 0.335 e. The summed E-state index contributed by atoms with van der Waals surface area (Å²) in [5, 5.41) is 9.32. The largest absolute Gasteiger partial charge is 0.478 e. The summed E-state index contributed by atoms with van der Waals surface area (Å²) in [6, 6.07) is 6.12. The van der Waals surface area contributed by atoms with Crippen LogP contribution in [0.25, 0.3) is 0 Å². The summed E-state index contributed by atoms with van der Waals surface area (Å²) < 4.78 is 29.7. The number of nitrogens with zero attached hydrogens (tertiary/aromatic N) is 1. The summed E-state index contributed by atoms with van der Waals surface area (Å²) in [7, 11) is -2.33. The summed E-state index contributed by atoms with van der Waals surface area (Å²) in [6.45, 7) is 1.64. The lowest BCUT2D eigenvalue weighted by Gasteiger charge is -2.20. The topological polar surface area (TPSA) is 105 Å². The lowest BCUT2D eigenvalue weighted by molar-refractivity contribution is 0.0696. The Bertz CT molecular complexity index is 1070. The molecule has 0 radical (unpaired) electrons. The van der Waals surface area contributed by atoms with E-state index >= 15 is 0 Å². The minimum Gasteiger partial charge on any atom is -0.478 e. The number of hydrogen-bond donors (Lipinski definition) is 2. The number of carboxylic acid groups (broad SMARTS) is 1. The first-order valence-electron chi connectivity index (χ1n) is 8.75. The van der Waals surface area contributed by atoms with Gasteiger partial charge < -0.3 is 9.67 Å². The van der Waals surface area contributed by atoms with E-state index in [2.05, 4.69) is 4.72 Å². The number of aryl methyl sites for hydroxylation is 2. The molecule has 0 aliphatic heterocycles. The van der Waals surface area contributed by atoms with Crippen LogP contribution in [-0.4, -0.2) is 24.1 Å². The summed E-state index contributed by atoms with van der Waals surface area (Å²) in [5.41, 5.74) is 2.24. The molecule has 1 aliphatic carbocycles. The van der Waals surface area contributed by atoms with Crippen LogP contribution in [0.2, 0.25) is 0 Å². The van der Waals surface area contributed by atoms with Gasteiger partial charge in [0.2, 0.25) is 10.0 Å².